The fourth-order valence-electron chi connectivity index (χ4n) is 1.80. The summed E-state index contributed by atoms with van der Waals surface area (Å²) in [6, 6.07) is 11.8. The van der Waals surface area contributed by atoms with Gasteiger partial charge in [0.2, 0.25) is 0 Å². The summed E-state index contributed by atoms with van der Waals surface area (Å²) in [6.45, 7) is 0. The molecule has 0 saturated heterocycles. The van der Waals surface area contributed by atoms with Crippen molar-refractivity contribution < 1.29 is 0 Å². The van der Waals surface area contributed by atoms with E-state index in [1.54, 1.807) is 6.20 Å². The van der Waals surface area contributed by atoms with Gasteiger partial charge >= 0.3 is 0 Å². The lowest BCUT2D eigenvalue weighted by molar-refractivity contribution is 1.10. The number of pyridine rings is 1. The van der Waals surface area contributed by atoms with Gasteiger partial charge in [0.05, 0.1) is 11.2 Å². The number of H-pyrrole nitrogens is 1. The molecule has 0 aliphatic rings. The molecule has 0 unspecified atom stereocenters. The predicted octanol–water partition coefficient (Wildman–Crippen LogP) is 2.21. The van der Waals surface area contributed by atoms with Crippen LogP contribution in [0.3, 0.4) is 0 Å². The first kappa shape index (κ1) is 8.91. The fraction of sp³-hybridized carbons (Fsp3) is 0. The van der Waals surface area contributed by atoms with E-state index in [1.807, 2.05) is 36.4 Å². The lowest BCUT2D eigenvalue weighted by Gasteiger charge is -2.02. The second-order valence-electron chi connectivity index (χ2n) is 3.59. The minimum atomic E-state index is 0.489. The monoisotopic (exact) mass is 210 g/mol. The molecule has 78 valence electrons. The molecule has 0 bridgehead atoms. The van der Waals surface area contributed by atoms with Gasteiger partial charge < -0.3 is 5.73 Å². The molecule has 4 nitrogen and oxygen atoms in total. The van der Waals surface area contributed by atoms with Crippen molar-refractivity contribution in [1.29, 1.82) is 0 Å². The molecule has 0 aliphatic carbocycles. The Bertz CT molecular complexity index is 637. The van der Waals surface area contributed by atoms with Crippen molar-refractivity contribution in [3.05, 3.63) is 42.6 Å². The number of fused-ring (bicyclic) bond motifs is 1. The number of para-hydroxylation sites is 1. The molecule has 0 atom stereocenters. The average molecular weight is 210 g/mol. The number of aromatic nitrogens is 3. The van der Waals surface area contributed by atoms with Gasteiger partial charge in [-0.05, 0) is 6.07 Å². The van der Waals surface area contributed by atoms with E-state index in [-0.39, 0.29) is 0 Å². The number of rotatable bonds is 1. The largest absolute Gasteiger partial charge is 0.382 e. The van der Waals surface area contributed by atoms with Crippen LogP contribution in [0.5, 0.6) is 0 Å². The van der Waals surface area contributed by atoms with Crippen LogP contribution in [0.2, 0.25) is 0 Å². The maximum absolute atomic E-state index is 5.60. The van der Waals surface area contributed by atoms with Crippen LogP contribution in [-0.2, 0) is 0 Å². The maximum Gasteiger partial charge on any atom is 0.145 e. The second-order valence-corrected chi connectivity index (χ2v) is 3.59. The summed E-state index contributed by atoms with van der Waals surface area (Å²) < 4.78 is 0. The highest BCUT2D eigenvalue weighted by Crippen LogP contribution is 2.25. The zero-order chi connectivity index (χ0) is 11.0. The summed E-state index contributed by atoms with van der Waals surface area (Å²) >= 11 is 0. The van der Waals surface area contributed by atoms with E-state index in [0.29, 0.717) is 5.82 Å². The van der Waals surface area contributed by atoms with Crippen LogP contribution in [0.1, 0.15) is 0 Å². The van der Waals surface area contributed by atoms with Crippen LogP contribution in [0, 0.1) is 0 Å². The standard InChI is InChI=1S/C12H10N4/c13-11-7-10(15-16-11)9-5-1-3-8-4-2-6-14-12(8)9/h1-7H,(H3,13,15,16). The summed E-state index contributed by atoms with van der Waals surface area (Å²) in [7, 11) is 0. The number of anilines is 1. The Balaban J connectivity index is 2.31. The summed E-state index contributed by atoms with van der Waals surface area (Å²) in [5.41, 5.74) is 8.46. The first-order valence-corrected chi connectivity index (χ1v) is 4.99. The van der Waals surface area contributed by atoms with Crippen LogP contribution in [0.15, 0.2) is 42.6 Å². The molecule has 0 fully saturated rings. The third-order valence-electron chi connectivity index (χ3n) is 2.52. The smallest absolute Gasteiger partial charge is 0.145 e. The van der Waals surface area contributed by atoms with Gasteiger partial charge in [-0.15, -0.1) is 0 Å². The molecule has 0 radical (unpaired) electrons. The summed E-state index contributed by atoms with van der Waals surface area (Å²) in [5, 5.41) is 7.93. The van der Waals surface area contributed by atoms with Gasteiger partial charge in [0.15, 0.2) is 0 Å². The minimum Gasteiger partial charge on any atom is -0.382 e. The summed E-state index contributed by atoms with van der Waals surface area (Å²) in [6.07, 6.45) is 1.78. The predicted molar refractivity (Wildman–Crippen MR) is 63.7 cm³/mol. The molecule has 3 rings (SSSR count). The van der Waals surface area contributed by atoms with E-state index in [4.69, 9.17) is 5.73 Å². The van der Waals surface area contributed by atoms with Crippen molar-refractivity contribution in [2.75, 3.05) is 5.73 Å². The molecule has 3 N–H and O–H groups in total. The number of nitrogen functional groups attached to an aromatic ring is 1. The molecular formula is C12H10N4. The van der Waals surface area contributed by atoms with Gasteiger partial charge in [0, 0.05) is 23.2 Å². The quantitative estimate of drug-likeness (QED) is 0.647. The van der Waals surface area contributed by atoms with E-state index >= 15 is 0 Å². The molecule has 3 aromatic rings. The molecule has 4 heteroatoms. The van der Waals surface area contributed by atoms with Crippen molar-refractivity contribution in [2.24, 2.45) is 0 Å². The van der Waals surface area contributed by atoms with Crippen molar-refractivity contribution in [3.63, 3.8) is 0 Å². The van der Waals surface area contributed by atoms with Crippen LogP contribution >= 0.6 is 0 Å². The molecular weight excluding hydrogens is 200 g/mol. The Kier molecular flexibility index (Phi) is 1.86. The maximum atomic E-state index is 5.60. The van der Waals surface area contributed by atoms with Gasteiger partial charge in [-0.3, -0.25) is 10.1 Å². The zero-order valence-corrected chi connectivity index (χ0v) is 8.51. The van der Waals surface area contributed by atoms with Gasteiger partial charge in [-0.1, -0.05) is 24.3 Å². The molecule has 16 heavy (non-hydrogen) atoms. The first-order chi connectivity index (χ1) is 7.84. The Labute approximate surface area is 92.1 Å². The second kappa shape index (κ2) is 3.34. The number of benzene rings is 1. The van der Waals surface area contributed by atoms with E-state index in [2.05, 4.69) is 15.2 Å². The number of nitrogens with zero attached hydrogens (tertiary/aromatic N) is 2. The van der Waals surface area contributed by atoms with Crippen molar-refractivity contribution in [3.8, 4) is 11.3 Å². The highest BCUT2D eigenvalue weighted by molar-refractivity contribution is 5.92. The lowest BCUT2D eigenvalue weighted by atomic mass is 10.1. The topological polar surface area (TPSA) is 67.6 Å². The van der Waals surface area contributed by atoms with Crippen LogP contribution in [-0.4, -0.2) is 15.2 Å². The van der Waals surface area contributed by atoms with Crippen LogP contribution in [0.25, 0.3) is 22.2 Å². The number of nitrogens with two attached hydrogens (primary N) is 1. The molecule has 0 aliphatic heterocycles. The normalized spacial score (nSPS) is 10.8. The highest BCUT2D eigenvalue weighted by Gasteiger charge is 2.06. The van der Waals surface area contributed by atoms with E-state index in [1.165, 1.54) is 0 Å². The number of aromatic amines is 1. The van der Waals surface area contributed by atoms with Crippen LogP contribution in [0.4, 0.5) is 5.82 Å². The Hall–Kier alpha value is -2.36. The SMILES string of the molecule is Nc1cc(-c2cccc3cccnc23)[nH]n1. The molecule has 2 heterocycles. The summed E-state index contributed by atoms with van der Waals surface area (Å²) in [4.78, 5) is 4.38. The number of nitrogens with one attached hydrogen (secondary N) is 1. The number of hydrogen-bond acceptors (Lipinski definition) is 3. The van der Waals surface area contributed by atoms with Crippen molar-refractivity contribution in [2.45, 2.75) is 0 Å². The van der Waals surface area contributed by atoms with Gasteiger partial charge in [-0.2, -0.15) is 5.10 Å². The van der Waals surface area contributed by atoms with E-state index in [9.17, 15) is 0 Å². The van der Waals surface area contributed by atoms with Crippen molar-refractivity contribution >= 4 is 16.7 Å². The molecule has 0 amide bonds. The van der Waals surface area contributed by atoms with E-state index < -0.39 is 0 Å². The van der Waals surface area contributed by atoms with Gasteiger partial charge in [-0.25, -0.2) is 0 Å². The highest BCUT2D eigenvalue weighted by atomic mass is 15.2. The lowest BCUT2D eigenvalue weighted by Crippen LogP contribution is -1.84. The average Bonchev–Trinajstić information content (AvgIpc) is 2.75. The Morgan fingerprint density at radius 2 is 2.00 bits per heavy atom. The fourth-order valence-corrected chi connectivity index (χ4v) is 1.80. The Morgan fingerprint density at radius 1 is 1.12 bits per heavy atom. The third kappa shape index (κ3) is 1.32. The van der Waals surface area contributed by atoms with E-state index in [0.717, 1.165) is 22.2 Å². The first-order valence-electron chi connectivity index (χ1n) is 4.99. The summed E-state index contributed by atoms with van der Waals surface area (Å²) in [5.74, 6) is 0.489. The van der Waals surface area contributed by atoms with Crippen molar-refractivity contribution in [1.82, 2.24) is 15.2 Å². The van der Waals surface area contributed by atoms with Gasteiger partial charge in [0.1, 0.15) is 5.82 Å². The van der Waals surface area contributed by atoms with Crippen LogP contribution < -0.4 is 5.73 Å². The zero-order valence-electron chi connectivity index (χ0n) is 8.51. The molecule has 1 aromatic carbocycles. The third-order valence-corrected chi connectivity index (χ3v) is 2.52. The molecule has 0 saturated carbocycles. The Morgan fingerprint density at radius 3 is 2.81 bits per heavy atom. The molecule has 0 spiro atoms. The number of hydrogen-bond donors (Lipinski definition) is 2. The van der Waals surface area contributed by atoms with Gasteiger partial charge in [0.25, 0.3) is 0 Å². The minimum absolute atomic E-state index is 0.489. The molecule has 2 aromatic heterocycles.